The van der Waals surface area contributed by atoms with Gasteiger partial charge < -0.3 is 15.2 Å². The van der Waals surface area contributed by atoms with E-state index in [2.05, 4.69) is 10.6 Å². The summed E-state index contributed by atoms with van der Waals surface area (Å²) >= 11 is 0. The van der Waals surface area contributed by atoms with Crippen molar-refractivity contribution in [3.05, 3.63) is 35.9 Å². The fraction of sp³-hybridized carbons (Fsp3) is 0.294. The van der Waals surface area contributed by atoms with Crippen molar-refractivity contribution in [1.29, 1.82) is 0 Å². The molecule has 2 aromatic rings. The molecule has 1 heterocycles. The Labute approximate surface area is 133 Å². The number of rotatable bonds is 3. The van der Waals surface area contributed by atoms with E-state index in [0.717, 1.165) is 13.0 Å². The Kier molecular flexibility index (Phi) is 4.16. The van der Waals surface area contributed by atoms with Crippen LogP contribution < -0.4 is 15.4 Å². The van der Waals surface area contributed by atoms with Crippen molar-refractivity contribution < 1.29 is 19.4 Å². The van der Waals surface area contributed by atoms with Crippen LogP contribution in [0, 0.1) is 0 Å². The Bertz CT molecular complexity index is 767. The summed E-state index contributed by atoms with van der Waals surface area (Å²) in [5.74, 6) is -0.726. The number of nitrogens with one attached hydrogen (secondary N) is 2. The number of hydrogen-bond acceptors (Lipinski definition) is 5. The van der Waals surface area contributed by atoms with Crippen LogP contribution in [0.2, 0.25) is 0 Å². The molecule has 0 saturated carbocycles. The Morgan fingerprint density at radius 1 is 1.30 bits per heavy atom. The average molecular weight is 314 g/mol. The van der Waals surface area contributed by atoms with Crippen LogP contribution in [-0.2, 0) is 4.79 Å². The van der Waals surface area contributed by atoms with Gasteiger partial charge in [0.05, 0.1) is 18.7 Å². The molecular weight excluding hydrogens is 296 g/mol. The largest absolute Gasteiger partial charge is 0.507 e. The standard InChI is InChI=1S/C17H18N2O4/c1-23-14-9-13(20)15(11-6-3-2-5-10(11)14)17(22)19-16(21)12-7-4-8-18-12/h2-3,5-6,9,12,18,20H,4,7-8H2,1H3,(H,19,21,22)/t12-/m0/s1. The number of ether oxygens (including phenoxy) is 1. The van der Waals surface area contributed by atoms with E-state index < -0.39 is 5.91 Å². The SMILES string of the molecule is COc1cc(O)c(C(=O)NC(=O)[C@@H]2CCCN2)c2ccccc12. The summed E-state index contributed by atoms with van der Waals surface area (Å²) in [5, 5.41) is 16.8. The molecular formula is C17H18N2O4. The summed E-state index contributed by atoms with van der Waals surface area (Å²) in [6.07, 6.45) is 1.61. The summed E-state index contributed by atoms with van der Waals surface area (Å²) in [5.41, 5.74) is 0.0766. The molecule has 1 aliphatic rings. The smallest absolute Gasteiger partial charge is 0.262 e. The first kappa shape index (κ1) is 15.3. The van der Waals surface area contributed by atoms with Crippen LogP contribution in [0.25, 0.3) is 10.8 Å². The lowest BCUT2D eigenvalue weighted by molar-refractivity contribution is -0.121. The number of fused-ring (bicyclic) bond motifs is 1. The maximum atomic E-state index is 12.5. The molecule has 3 N–H and O–H groups in total. The Morgan fingerprint density at radius 2 is 2.04 bits per heavy atom. The second kappa shape index (κ2) is 6.26. The van der Waals surface area contributed by atoms with Gasteiger partial charge in [-0.15, -0.1) is 0 Å². The molecule has 0 aliphatic carbocycles. The van der Waals surface area contributed by atoms with Crippen molar-refractivity contribution in [2.45, 2.75) is 18.9 Å². The second-order valence-corrected chi connectivity index (χ2v) is 5.49. The Morgan fingerprint density at radius 3 is 2.70 bits per heavy atom. The van der Waals surface area contributed by atoms with Gasteiger partial charge in [0.2, 0.25) is 5.91 Å². The Balaban J connectivity index is 1.97. The number of phenols is 1. The third-order valence-electron chi connectivity index (χ3n) is 4.05. The lowest BCUT2D eigenvalue weighted by atomic mass is 10.0. The van der Waals surface area contributed by atoms with E-state index >= 15 is 0 Å². The van der Waals surface area contributed by atoms with Gasteiger partial charge in [-0.05, 0) is 19.4 Å². The van der Waals surface area contributed by atoms with Crippen LogP contribution in [-0.4, -0.2) is 36.6 Å². The van der Waals surface area contributed by atoms with Crippen molar-refractivity contribution >= 4 is 22.6 Å². The normalized spacial score (nSPS) is 17.2. The van der Waals surface area contributed by atoms with Crippen LogP contribution in [0.3, 0.4) is 0 Å². The van der Waals surface area contributed by atoms with Gasteiger partial charge in [-0.1, -0.05) is 24.3 Å². The van der Waals surface area contributed by atoms with Gasteiger partial charge in [0, 0.05) is 16.8 Å². The van der Waals surface area contributed by atoms with Crippen LogP contribution in [0.5, 0.6) is 11.5 Å². The van der Waals surface area contributed by atoms with Crippen LogP contribution in [0.1, 0.15) is 23.2 Å². The maximum absolute atomic E-state index is 12.5. The van der Waals surface area contributed by atoms with E-state index in [1.807, 2.05) is 6.07 Å². The summed E-state index contributed by atoms with van der Waals surface area (Å²) < 4.78 is 5.24. The first-order valence-electron chi connectivity index (χ1n) is 7.49. The zero-order valence-corrected chi connectivity index (χ0v) is 12.8. The van der Waals surface area contributed by atoms with Crippen molar-refractivity contribution in [1.82, 2.24) is 10.6 Å². The number of amides is 2. The van der Waals surface area contributed by atoms with E-state index in [-0.39, 0.29) is 23.3 Å². The fourth-order valence-electron chi connectivity index (χ4n) is 2.91. The number of phenolic OH excluding ortho intramolecular Hbond substituents is 1. The molecule has 3 rings (SSSR count). The first-order valence-corrected chi connectivity index (χ1v) is 7.49. The molecule has 2 aromatic carbocycles. The van der Waals surface area contributed by atoms with E-state index in [9.17, 15) is 14.7 Å². The van der Waals surface area contributed by atoms with Gasteiger partial charge in [0.15, 0.2) is 0 Å². The molecule has 0 aromatic heterocycles. The molecule has 6 nitrogen and oxygen atoms in total. The van der Waals surface area contributed by atoms with Crippen molar-refractivity contribution in [2.24, 2.45) is 0 Å². The molecule has 0 radical (unpaired) electrons. The fourth-order valence-corrected chi connectivity index (χ4v) is 2.91. The molecule has 0 bridgehead atoms. The molecule has 1 atom stereocenters. The summed E-state index contributed by atoms with van der Waals surface area (Å²) in [6.45, 7) is 0.767. The zero-order valence-electron chi connectivity index (χ0n) is 12.8. The molecule has 2 amide bonds. The number of imide groups is 1. The molecule has 120 valence electrons. The molecule has 23 heavy (non-hydrogen) atoms. The number of carbonyl (C=O) groups excluding carboxylic acids is 2. The molecule has 0 spiro atoms. The van der Waals surface area contributed by atoms with Crippen LogP contribution >= 0.6 is 0 Å². The number of carbonyl (C=O) groups is 2. The minimum atomic E-state index is -0.611. The predicted octanol–water partition coefficient (Wildman–Crippen LogP) is 1.56. The van der Waals surface area contributed by atoms with E-state index in [1.54, 1.807) is 18.2 Å². The quantitative estimate of drug-likeness (QED) is 0.748. The highest BCUT2D eigenvalue weighted by Crippen LogP contribution is 2.35. The summed E-state index contributed by atoms with van der Waals surface area (Å²) in [4.78, 5) is 24.6. The lowest BCUT2D eigenvalue weighted by Gasteiger charge is -2.14. The number of hydrogen-bond donors (Lipinski definition) is 3. The molecule has 6 heteroatoms. The van der Waals surface area contributed by atoms with Crippen molar-refractivity contribution in [3.8, 4) is 11.5 Å². The lowest BCUT2D eigenvalue weighted by Crippen LogP contribution is -2.43. The first-order chi connectivity index (χ1) is 11.1. The monoisotopic (exact) mass is 314 g/mol. The third-order valence-corrected chi connectivity index (χ3v) is 4.05. The van der Waals surface area contributed by atoms with E-state index in [1.165, 1.54) is 13.2 Å². The second-order valence-electron chi connectivity index (χ2n) is 5.49. The van der Waals surface area contributed by atoms with Gasteiger partial charge in [-0.3, -0.25) is 14.9 Å². The topological polar surface area (TPSA) is 87.7 Å². The molecule has 1 saturated heterocycles. The number of methoxy groups -OCH3 is 1. The molecule has 0 unspecified atom stereocenters. The highest BCUT2D eigenvalue weighted by atomic mass is 16.5. The number of benzene rings is 2. The summed E-state index contributed by atoms with van der Waals surface area (Å²) in [6, 6.07) is 8.12. The summed E-state index contributed by atoms with van der Waals surface area (Å²) in [7, 11) is 1.50. The minimum Gasteiger partial charge on any atom is -0.507 e. The zero-order chi connectivity index (χ0) is 16.4. The van der Waals surface area contributed by atoms with Gasteiger partial charge >= 0.3 is 0 Å². The minimum absolute atomic E-state index is 0.0766. The Hall–Kier alpha value is -2.60. The van der Waals surface area contributed by atoms with Gasteiger partial charge in [0.1, 0.15) is 11.5 Å². The maximum Gasteiger partial charge on any atom is 0.262 e. The van der Waals surface area contributed by atoms with Crippen LogP contribution in [0.15, 0.2) is 30.3 Å². The van der Waals surface area contributed by atoms with Gasteiger partial charge in [-0.25, -0.2) is 0 Å². The third kappa shape index (κ3) is 2.85. The van der Waals surface area contributed by atoms with Gasteiger partial charge in [0.25, 0.3) is 5.91 Å². The van der Waals surface area contributed by atoms with Crippen LogP contribution in [0.4, 0.5) is 0 Å². The van der Waals surface area contributed by atoms with E-state index in [4.69, 9.17) is 4.74 Å². The highest BCUT2D eigenvalue weighted by molar-refractivity contribution is 6.15. The highest BCUT2D eigenvalue weighted by Gasteiger charge is 2.26. The van der Waals surface area contributed by atoms with Crippen molar-refractivity contribution in [3.63, 3.8) is 0 Å². The number of aromatic hydroxyl groups is 1. The van der Waals surface area contributed by atoms with E-state index in [0.29, 0.717) is 22.9 Å². The average Bonchev–Trinajstić information content (AvgIpc) is 3.08. The molecule has 1 aliphatic heterocycles. The van der Waals surface area contributed by atoms with Crippen molar-refractivity contribution in [2.75, 3.05) is 13.7 Å². The molecule has 1 fully saturated rings. The van der Waals surface area contributed by atoms with Gasteiger partial charge in [-0.2, -0.15) is 0 Å². The predicted molar refractivity (Wildman–Crippen MR) is 85.7 cm³/mol.